The number of hydrogen-bond donors (Lipinski definition) is 0. The normalized spacial score (nSPS) is 13.2. The number of rotatable bonds is 5. The van der Waals surface area contributed by atoms with Crippen LogP contribution in [-0.4, -0.2) is 21.9 Å². The molecule has 6 heteroatoms. The molecule has 1 amide bonds. The summed E-state index contributed by atoms with van der Waals surface area (Å²) in [6.45, 7) is 1.63. The van der Waals surface area contributed by atoms with Gasteiger partial charge in [0, 0.05) is 0 Å². The summed E-state index contributed by atoms with van der Waals surface area (Å²) in [5.74, 6) is 0. The molecule has 0 aliphatic heterocycles. The number of carbonyl (C=O) groups is 1. The van der Waals surface area contributed by atoms with Gasteiger partial charge in [0.2, 0.25) is 10.2 Å². The molecule has 1 rings (SSSR count). The molecule has 17 heavy (non-hydrogen) atoms. The first kappa shape index (κ1) is 14.6. The molecule has 0 N–H and O–H groups in total. The van der Waals surface area contributed by atoms with Crippen molar-refractivity contribution in [2.45, 2.75) is 16.8 Å². The number of halogens is 3. The van der Waals surface area contributed by atoms with Crippen LogP contribution >= 0.6 is 34.8 Å². The van der Waals surface area contributed by atoms with Crippen LogP contribution in [-0.2, 0) is 9.63 Å². The van der Waals surface area contributed by atoms with Crippen molar-refractivity contribution in [3.05, 3.63) is 35.9 Å². The van der Waals surface area contributed by atoms with Crippen LogP contribution in [0.25, 0.3) is 0 Å². The summed E-state index contributed by atoms with van der Waals surface area (Å²) in [4.78, 5) is 16.0. The number of hydrogen-bond acceptors (Lipinski definition) is 2. The molecule has 1 aromatic carbocycles. The third-order valence-corrected chi connectivity index (χ3v) is 2.47. The standard InChI is InChI=1S/C11H12Cl3NO2/c1-9(10-5-3-2-4-6-10)15(8-16)17-7-11(12,13)14/h2-6,8-9H,7H2,1H3. The first-order valence-electron chi connectivity index (χ1n) is 4.92. The first-order chi connectivity index (χ1) is 7.94. The lowest BCUT2D eigenvalue weighted by molar-refractivity contribution is -0.185. The molecule has 0 fully saturated rings. The maximum absolute atomic E-state index is 10.9. The average molecular weight is 297 g/mol. The van der Waals surface area contributed by atoms with Crippen LogP contribution in [0.5, 0.6) is 0 Å². The Kier molecular flexibility index (Phi) is 5.53. The molecule has 1 atom stereocenters. The second-order valence-corrected chi connectivity index (χ2v) is 5.96. The Morgan fingerprint density at radius 2 is 1.94 bits per heavy atom. The minimum atomic E-state index is -1.54. The predicted octanol–water partition coefficient (Wildman–Crippen LogP) is 3.51. The number of carbonyl (C=O) groups excluding carboxylic acids is 1. The predicted molar refractivity (Wildman–Crippen MR) is 69.0 cm³/mol. The molecular weight excluding hydrogens is 284 g/mol. The second kappa shape index (κ2) is 6.45. The highest BCUT2D eigenvalue weighted by Gasteiger charge is 2.24. The smallest absolute Gasteiger partial charge is 0.233 e. The van der Waals surface area contributed by atoms with Gasteiger partial charge < -0.3 is 0 Å². The molecule has 3 nitrogen and oxygen atoms in total. The molecule has 0 spiro atoms. The Morgan fingerprint density at radius 3 is 2.41 bits per heavy atom. The average Bonchev–Trinajstić information content (AvgIpc) is 2.29. The Labute approximate surface area is 115 Å². The van der Waals surface area contributed by atoms with E-state index >= 15 is 0 Å². The number of amides is 1. The van der Waals surface area contributed by atoms with E-state index in [2.05, 4.69) is 0 Å². The van der Waals surface area contributed by atoms with Gasteiger partial charge in [0.15, 0.2) is 0 Å². The van der Waals surface area contributed by atoms with Crippen LogP contribution in [0.4, 0.5) is 0 Å². The van der Waals surface area contributed by atoms with Crippen molar-refractivity contribution in [2.24, 2.45) is 0 Å². The lowest BCUT2D eigenvalue weighted by Gasteiger charge is -2.25. The number of nitrogens with zero attached hydrogens (tertiary/aromatic N) is 1. The van der Waals surface area contributed by atoms with Gasteiger partial charge in [-0.25, -0.2) is 5.06 Å². The third kappa shape index (κ3) is 5.13. The zero-order valence-corrected chi connectivity index (χ0v) is 11.4. The van der Waals surface area contributed by atoms with Gasteiger partial charge in [0.25, 0.3) is 0 Å². The van der Waals surface area contributed by atoms with Crippen LogP contribution in [0.2, 0.25) is 0 Å². The van der Waals surface area contributed by atoms with Crippen LogP contribution < -0.4 is 0 Å². The lowest BCUT2D eigenvalue weighted by atomic mass is 10.1. The molecule has 0 saturated carbocycles. The maximum Gasteiger partial charge on any atom is 0.233 e. The zero-order valence-electron chi connectivity index (χ0n) is 9.15. The summed E-state index contributed by atoms with van der Waals surface area (Å²) in [6, 6.07) is 9.18. The topological polar surface area (TPSA) is 29.5 Å². The highest BCUT2D eigenvalue weighted by atomic mass is 35.6. The van der Waals surface area contributed by atoms with Crippen molar-refractivity contribution in [1.82, 2.24) is 5.06 Å². The molecule has 0 aliphatic rings. The lowest BCUT2D eigenvalue weighted by Crippen LogP contribution is -2.29. The van der Waals surface area contributed by atoms with Gasteiger partial charge in [-0.1, -0.05) is 65.1 Å². The molecule has 0 aliphatic carbocycles. The third-order valence-electron chi connectivity index (χ3n) is 2.14. The van der Waals surface area contributed by atoms with Crippen LogP contribution in [0.15, 0.2) is 30.3 Å². The SMILES string of the molecule is CC(c1ccccc1)N(C=O)OCC(Cl)(Cl)Cl. The Bertz CT molecular complexity index is 353. The Hall–Kier alpha value is -0.480. The van der Waals surface area contributed by atoms with Gasteiger partial charge in [-0.3, -0.25) is 9.63 Å². The van der Waals surface area contributed by atoms with E-state index in [1.165, 1.54) is 0 Å². The number of hydroxylamine groups is 2. The van der Waals surface area contributed by atoms with Gasteiger partial charge in [-0.05, 0) is 12.5 Å². The van der Waals surface area contributed by atoms with E-state index in [1.807, 2.05) is 37.3 Å². The Morgan fingerprint density at radius 1 is 1.35 bits per heavy atom. The number of alkyl halides is 3. The monoisotopic (exact) mass is 295 g/mol. The fourth-order valence-corrected chi connectivity index (χ4v) is 1.41. The molecule has 0 heterocycles. The van der Waals surface area contributed by atoms with Gasteiger partial charge in [0.1, 0.15) is 6.61 Å². The van der Waals surface area contributed by atoms with E-state index in [0.717, 1.165) is 10.6 Å². The van der Waals surface area contributed by atoms with E-state index in [-0.39, 0.29) is 12.6 Å². The first-order valence-corrected chi connectivity index (χ1v) is 6.05. The van der Waals surface area contributed by atoms with Gasteiger partial charge >= 0.3 is 0 Å². The van der Waals surface area contributed by atoms with Crippen molar-refractivity contribution in [2.75, 3.05) is 6.61 Å². The minimum absolute atomic E-state index is 0.187. The van der Waals surface area contributed by atoms with E-state index in [9.17, 15) is 4.79 Å². The molecular formula is C11H12Cl3NO2. The summed E-state index contributed by atoms with van der Waals surface area (Å²) in [5.41, 5.74) is 0.934. The van der Waals surface area contributed by atoms with Gasteiger partial charge in [-0.2, -0.15) is 0 Å². The molecule has 1 unspecified atom stereocenters. The Balaban J connectivity index is 2.65. The van der Waals surface area contributed by atoms with Crippen LogP contribution in [0.3, 0.4) is 0 Å². The molecule has 0 aromatic heterocycles. The van der Waals surface area contributed by atoms with Crippen molar-refractivity contribution < 1.29 is 9.63 Å². The highest BCUT2D eigenvalue weighted by Crippen LogP contribution is 2.27. The quantitative estimate of drug-likeness (QED) is 0.473. The fourth-order valence-electron chi connectivity index (χ4n) is 1.26. The molecule has 94 valence electrons. The van der Waals surface area contributed by atoms with E-state index in [0.29, 0.717) is 6.41 Å². The van der Waals surface area contributed by atoms with E-state index in [1.54, 1.807) is 0 Å². The fraction of sp³-hybridized carbons (Fsp3) is 0.364. The van der Waals surface area contributed by atoms with E-state index in [4.69, 9.17) is 39.6 Å². The molecule has 0 bridgehead atoms. The number of benzene rings is 1. The van der Waals surface area contributed by atoms with Gasteiger partial charge in [0.05, 0.1) is 6.04 Å². The molecule has 1 aromatic rings. The summed E-state index contributed by atoms with van der Waals surface area (Å²) in [7, 11) is 0. The zero-order chi connectivity index (χ0) is 12.9. The van der Waals surface area contributed by atoms with Crippen molar-refractivity contribution in [1.29, 1.82) is 0 Å². The molecule has 0 radical (unpaired) electrons. The summed E-state index contributed by atoms with van der Waals surface area (Å²) >= 11 is 16.6. The largest absolute Gasteiger partial charge is 0.276 e. The highest BCUT2D eigenvalue weighted by molar-refractivity contribution is 6.67. The van der Waals surface area contributed by atoms with Crippen molar-refractivity contribution in [3.63, 3.8) is 0 Å². The maximum atomic E-state index is 10.9. The van der Waals surface area contributed by atoms with Crippen LogP contribution in [0.1, 0.15) is 18.5 Å². The van der Waals surface area contributed by atoms with Crippen molar-refractivity contribution >= 4 is 41.2 Å². The van der Waals surface area contributed by atoms with Gasteiger partial charge in [-0.15, -0.1) is 0 Å². The summed E-state index contributed by atoms with van der Waals surface area (Å²) < 4.78 is -1.54. The van der Waals surface area contributed by atoms with Crippen molar-refractivity contribution in [3.8, 4) is 0 Å². The molecule has 0 saturated heterocycles. The minimum Gasteiger partial charge on any atom is -0.276 e. The summed E-state index contributed by atoms with van der Waals surface area (Å²) in [6.07, 6.45) is 0.564. The van der Waals surface area contributed by atoms with Crippen LogP contribution in [0, 0.1) is 0 Å². The second-order valence-electron chi connectivity index (χ2n) is 3.44. The summed E-state index contributed by atoms with van der Waals surface area (Å²) in [5, 5.41) is 1.12. The van der Waals surface area contributed by atoms with E-state index < -0.39 is 3.79 Å².